The highest BCUT2D eigenvalue weighted by Crippen LogP contribution is 2.33. The van der Waals surface area contributed by atoms with E-state index < -0.39 is 10.7 Å². The van der Waals surface area contributed by atoms with Crippen molar-refractivity contribution >= 4 is 11.5 Å². The van der Waals surface area contributed by atoms with Crippen LogP contribution in [0.25, 0.3) is 0 Å². The summed E-state index contributed by atoms with van der Waals surface area (Å²) in [7, 11) is 1.64. The van der Waals surface area contributed by atoms with E-state index in [2.05, 4.69) is 4.98 Å². The van der Waals surface area contributed by atoms with Crippen molar-refractivity contribution in [1.82, 2.24) is 4.98 Å². The average molecular weight is 227 g/mol. The Hall–Kier alpha value is -1.89. The zero-order valence-electron chi connectivity index (χ0n) is 8.83. The molecule has 1 heterocycles. The summed E-state index contributed by atoms with van der Waals surface area (Å²) in [4.78, 5) is 15.3. The molecule has 0 radical (unpaired) electrons. The Balaban J connectivity index is 2.96. The largest absolute Gasteiger partial charge is 0.500 e. The smallest absolute Gasteiger partial charge is 0.316 e. The van der Waals surface area contributed by atoms with Gasteiger partial charge in [-0.05, 0) is 6.42 Å². The number of aliphatic hydroxyl groups is 1. The van der Waals surface area contributed by atoms with Crippen LogP contribution in [0.15, 0.2) is 12.3 Å². The maximum atomic E-state index is 10.6. The van der Waals surface area contributed by atoms with Crippen molar-refractivity contribution in [3.05, 3.63) is 22.4 Å². The molecule has 16 heavy (non-hydrogen) atoms. The van der Waals surface area contributed by atoms with E-state index in [0.29, 0.717) is 13.0 Å². The highest BCUT2D eigenvalue weighted by atomic mass is 16.6. The second kappa shape index (κ2) is 5.26. The molecule has 1 rings (SSSR count). The monoisotopic (exact) mass is 227 g/mol. The fourth-order valence-electron chi connectivity index (χ4n) is 1.27. The summed E-state index contributed by atoms with van der Waals surface area (Å²) in [6.07, 6.45) is 1.77. The van der Waals surface area contributed by atoms with Crippen molar-refractivity contribution in [3.63, 3.8) is 0 Å². The maximum Gasteiger partial charge on any atom is 0.316 e. The van der Waals surface area contributed by atoms with Crippen LogP contribution in [0, 0.1) is 10.1 Å². The van der Waals surface area contributed by atoms with Gasteiger partial charge in [-0.25, -0.2) is 4.98 Å². The van der Waals surface area contributed by atoms with Gasteiger partial charge in [-0.1, -0.05) is 0 Å². The molecule has 7 heteroatoms. The minimum absolute atomic E-state index is 0.0139. The van der Waals surface area contributed by atoms with Gasteiger partial charge in [0.2, 0.25) is 5.75 Å². The van der Waals surface area contributed by atoms with Gasteiger partial charge in [-0.15, -0.1) is 0 Å². The quantitative estimate of drug-likeness (QED) is 0.561. The van der Waals surface area contributed by atoms with E-state index in [1.54, 1.807) is 11.9 Å². The van der Waals surface area contributed by atoms with E-state index in [-0.39, 0.29) is 18.1 Å². The van der Waals surface area contributed by atoms with Gasteiger partial charge in [0.1, 0.15) is 0 Å². The van der Waals surface area contributed by atoms with E-state index in [9.17, 15) is 15.2 Å². The van der Waals surface area contributed by atoms with Crippen LogP contribution in [0.4, 0.5) is 11.5 Å². The number of nitrogens with zero attached hydrogens (tertiary/aromatic N) is 3. The first-order chi connectivity index (χ1) is 7.57. The number of hydrogen-bond donors (Lipinski definition) is 2. The van der Waals surface area contributed by atoms with Crippen molar-refractivity contribution in [1.29, 1.82) is 0 Å². The SMILES string of the molecule is CN(CCCO)c1nccc([N+](=O)[O-])c1O. The lowest BCUT2D eigenvalue weighted by molar-refractivity contribution is -0.385. The molecule has 0 bridgehead atoms. The Kier molecular flexibility index (Phi) is 4.01. The zero-order chi connectivity index (χ0) is 12.1. The summed E-state index contributed by atoms with van der Waals surface area (Å²) in [6.45, 7) is 0.470. The van der Waals surface area contributed by atoms with Crippen LogP contribution in [-0.2, 0) is 0 Å². The van der Waals surface area contributed by atoms with Crippen molar-refractivity contribution in [3.8, 4) is 5.75 Å². The van der Waals surface area contributed by atoms with Gasteiger partial charge >= 0.3 is 5.69 Å². The number of aromatic nitrogens is 1. The molecular weight excluding hydrogens is 214 g/mol. The summed E-state index contributed by atoms with van der Waals surface area (Å²) in [5, 5.41) is 28.8. The molecule has 88 valence electrons. The predicted molar refractivity (Wildman–Crippen MR) is 57.5 cm³/mol. The Morgan fingerprint density at radius 3 is 2.88 bits per heavy atom. The molecule has 0 aliphatic heterocycles. The van der Waals surface area contributed by atoms with Gasteiger partial charge in [-0.2, -0.15) is 0 Å². The molecule has 0 spiro atoms. The van der Waals surface area contributed by atoms with Gasteiger partial charge in [0, 0.05) is 32.5 Å². The van der Waals surface area contributed by atoms with Crippen LogP contribution in [-0.4, -0.2) is 40.3 Å². The third-order valence-corrected chi connectivity index (χ3v) is 2.09. The van der Waals surface area contributed by atoms with Gasteiger partial charge in [0.05, 0.1) is 4.92 Å². The van der Waals surface area contributed by atoms with Gasteiger partial charge in [-0.3, -0.25) is 10.1 Å². The number of anilines is 1. The molecule has 0 atom stereocenters. The molecule has 0 saturated heterocycles. The number of aliphatic hydroxyl groups excluding tert-OH is 1. The lowest BCUT2D eigenvalue weighted by Crippen LogP contribution is -2.20. The van der Waals surface area contributed by atoms with Crippen molar-refractivity contribution < 1.29 is 15.1 Å². The van der Waals surface area contributed by atoms with Crippen molar-refractivity contribution in [2.75, 3.05) is 25.1 Å². The number of pyridine rings is 1. The fourth-order valence-corrected chi connectivity index (χ4v) is 1.27. The minimum atomic E-state index is -0.666. The van der Waals surface area contributed by atoms with Gasteiger partial charge in [0.15, 0.2) is 5.82 Å². The van der Waals surface area contributed by atoms with Crippen LogP contribution < -0.4 is 4.90 Å². The minimum Gasteiger partial charge on any atom is -0.500 e. The van der Waals surface area contributed by atoms with E-state index in [1.165, 1.54) is 6.20 Å². The van der Waals surface area contributed by atoms with E-state index in [0.717, 1.165) is 6.07 Å². The first kappa shape index (κ1) is 12.2. The summed E-state index contributed by atoms with van der Waals surface area (Å²) < 4.78 is 0. The standard InChI is InChI=1S/C9H13N3O4/c1-11(5-2-6-13)9-8(14)7(12(15)16)3-4-10-9/h3-4,13-14H,2,5-6H2,1H3. The average Bonchev–Trinajstić information content (AvgIpc) is 2.25. The molecule has 0 aliphatic rings. The van der Waals surface area contributed by atoms with E-state index in [4.69, 9.17) is 5.11 Å². The summed E-state index contributed by atoms with van der Waals surface area (Å²) in [5.41, 5.74) is -0.374. The van der Waals surface area contributed by atoms with Crippen LogP contribution in [0.1, 0.15) is 6.42 Å². The lowest BCUT2D eigenvalue weighted by atomic mass is 10.3. The topological polar surface area (TPSA) is 99.7 Å². The normalized spacial score (nSPS) is 10.1. The van der Waals surface area contributed by atoms with Crippen LogP contribution in [0.3, 0.4) is 0 Å². The molecule has 0 amide bonds. The molecule has 0 aliphatic carbocycles. The van der Waals surface area contributed by atoms with Crippen LogP contribution in [0.5, 0.6) is 5.75 Å². The predicted octanol–water partition coefficient (Wildman–Crippen LogP) is 0.514. The third kappa shape index (κ3) is 2.57. The lowest BCUT2D eigenvalue weighted by Gasteiger charge is -2.17. The molecule has 0 saturated carbocycles. The first-order valence-electron chi connectivity index (χ1n) is 4.72. The highest BCUT2D eigenvalue weighted by Gasteiger charge is 2.19. The molecular formula is C9H13N3O4. The van der Waals surface area contributed by atoms with E-state index in [1.807, 2.05) is 0 Å². The van der Waals surface area contributed by atoms with Crippen LogP contribution in [0.2, 0.25) is 0 Å². The second-order valence-electron chi connectivity index (χ2n) is 3.26. The number of hydrogen-bond acceptors (Lipinski definition) is 6. The highest BCUT2D eigenvalue weighted by molar-refractivity contribution is 5.61. The zero-order valence-corrected chi connectivity index (χ0v) is 8.83. The third-order valence-electron chi connectivity index (χ3n) is 2.09. The molecule has 1 aromatic heterocycles. The summed E-state index contributed by atoms with van der Waals surface area (Å²) in [5.74, 6) is -0.310. The Morgan fingerprint density at radius 1 is 1.62 bits per heavy atom. The Morgan fingerprint density at radius 2 is 2.31 bits per heavy atom. The van der Waals surface area contributed by atoms with Crippen LogP contribution >= 0.6 is 0 Å². The molecule has 7 nitrogen and oxygen atoms in total. The Labute approximate surface area is 92.1 Å². The molecule has 2 N–H and O–H groups in total. The maximum absolute atomic E-state index is 10.6. The molecule has 1 aromatic rings. The fraction of sp³-hybridized carbons (Fsp3) is 0.444. The first-order valence-corrected chi connectivity index (χ1v) is 4.72. The number of rotatable bonds is 5. The summed E-state index contributed by atoms with van der Waals surface area (Å²) >= 11 is 0. The molecule has 0 fully saturated rings. The molecule has 0 unspecified atom stereocenters. The summed E-state index contributed by atoms with van der Waals surface area (Å²) in [6, 6.07) is 1.14. The Bertz CT molecular complexity index is 383. The second-order valence-corrected chi connectivity index (χ2v) is 3.26. The number of nitro groups is 1. The van der Waals surface area contributed by atoms with Crippen molar-refractivity contribution in [2.45, 2.75) is 6.42 Å². The van der Waals surface area contributed by atoms with E-state index >= 15 is 0 Å². The number of aromatic hydroxyl groups is 1. The molecule has 0 aromatic carbocycles. The van der Waals surface area contributed by atoms with Crippen molar-refractivity contribution in [2.24, 2.45) is 0 Å². The van der Waals surface area contributed by atoms with Gasteiger partial charge in [0.25, 0.3) is 0 Å². The van der Waals surface area contributed by atoms with Gasteiger partial charge < -0.3 is 15.1 Å².